The van der Waals surface area contributed by atoms with E-state index in [0.717, 1.165) is 28.0 Å². The molecule has 7 nitrogen and oxygen atoms in total. The third kappa shape index (κ3) is 4.58. The summed E-state index contributed by atoms with van der Waals surface area (Å²) < 4.78 is 20.2. The van der Waals surface area contributed by atoms with E-state index in [0.29, 0.717) is 23.2 Å². The maximum Gasteiger partial charge on any atom is 0.283 e. The molecule has 0 unspecified atom stereocenters. The average Bonchev–Trinajstić information content (AvgIpc) is 2.99. The fourth-order valence-electron chi connectivity index (χ4n) is 3.38. The molecule has 1 aliphatic rings. The van der Waals surface area contributed by atoms with Gasteiger partial charge in [-0.15, -0.1) is 0 Å². The zero-order chi connectivity index (χ0) is 23.5. The molecule has 2 heterocycles. The molecule has 1 aliphatic heterocycles. The molecule has 0 fully saturated rings. The molecule has 0 bridgehead atoms. The van der Waals surface area contributed by atoms with Crippen molar-refractivity contribution in [2.45, 2.75) is 25.9 Å². The lowest BCUT2D eigenvalue weighted by atomic mass is 10.2. The van der Waals surface area contributed by atoms with Gasteiger partial charge in [0, 0.05) is 11.4 Å². The van der Waals surface area contributed by atoms with E-state index in [1.807, 2.05) is 26.8 Å². The summed E-state index contributed by atoms with van der Waals surface area (Å²) in [4.78, 5) is 36.4. The zero-order valence-corrected chi connectivity index (χ0v) is 19.1. The van der Waals surface area contributed by atoms with Crippen molar-refractivity contribution in [2.75, 3.05) is 16.8 Å². The Labute approximate surface area is 194 Å². The predicted molar refractivity (Wildman–Crippen MR) is 125 cm³/mol. The zero-order valence-electron chi connectivity index (χ0n) is 18.3. The van der Waals surface area contributed by atoms with Gasteiger partial charge in [0.05, 0.1) is 18.0 Å². The molecule has 0 atom stereocenters. The molecule has 33 heavy (non-hydrogen) atoms. The Morgan fingerprint density at radius 1 is 1.00 bits per heavy atom. The normalized spacial score (nSPS) is 13.6. The summed E-state index contributed by atoms with van der Waals surface area (Å²) >= 11 is 0.962. The number of hydrogen-bond acceptors (Lipinski definition) is 7. The number of carbonyl (C=O) groups is 2. The van der Waals surface area contributed by atoms with Gasteiger partial charge in [-0.2, -0.15) is 0 Å². The minimum atomic E-state index is -0.679. The van der Waals surface area contributed by atoms with Gasteiger partial charge in [0.15, 0.2) is 5.16 Å². The first-order valence-electron chi connectivity index (χ1n) is 10.3. The lowest BCUT2D eigenvalue weighted by Crippen LogP contribution is -2.33. The molecule has 0 saturated carbocycles. The van der Waals surface area contributed by atoms with Crippen molar-refractivity contribution in [1.29, 1.82) is 0 Å². The first kappa shape index (κ1) is 22.5. The van der Waals surface area contributed by atoms with Crippen molar-refractivity contribution < 1.29 is 18.7 Å². The van der Waals surface area contributed by atoms with Crippen LogP contribution in [0.4, 0.5) is 15.8 Å². The van der Waals surface area contributed by atoms with Crippen molar-refractivity contribution in [2.24, 2.45) is 0 Å². The number of amides is 2. The standard InChI is InChI=1S/C24H21FN4O3S/c1-4-32-19-12-8-6-10-17(19)28-20-21(33-24-26-14(2)13-15(3)27-24)23(31)29(22(20)30)18-11-7-5-9-16(18)25/h5-13,28H,4H2,1-3H3. The number of nitrogens with one attached hydrogen (secondary N) is 1. The van der Waals surface area contributed by atoms with Gasteiger partial charge < -0.3 is 10.1 Å². The Morgan fingerprint density at radius 2 is 1.67 bits per heavy atom. The topological polar surface area (TPSA) is 84.4 Å². The maximum atomic E-state index is 14.5. The van der Waals surface area contributed by atoms with Crippen molar-refractivity contribution in [3.05, 3.63) is 82.4 Å². The van der Waals surface area contributed by atoms with Crippen LogP contribution in [0, 0.1) is 19.7 Å². The van der Waals surface area contributed by atoms with Crippen LogP contribution < -0.4 is 15.0 Å². The molecule has 1 N–H and O–H groups in total. The first-order valence-corrected chi connectivity index (χ1v) is 11.1. The van der Waals surface area contributed by atoms with Crippen LogP contribution in [-0.2, 0) is 9.59 Å². The molecule has 3 aromatic rings. The number of carbonyl (C=O) groups excluding carboxylic acids is 2. The van der Waals surface area contributed by atoms with Gasteiger partial charge in [0.1, 0.15) is 22.2 Å². The average molecular weight is 465 g/mol. The molecular formula is C24H21FN4O3S. The highest BCUT2D eigenvalue weighted by Gasteiger charge is 2.42. The number of rotatable bonds is 7. The maximum absolute atomic E-state index is 14.5. The largest absolute Gasteiger partial charge is 0.492 e. The number of benzene rings is 2. The number of thioether (sulfide) groups is 1. The predicted octanol–water partition coefficient (Wildman–Crippen LogP) is 4.62. The fourth-order valence-corrected chi connectivity index (χ4v) is 4.36. The van der Waals surface area contributed by atoms with Crippen molar-refractivity contribution in [1.82, 2.24) is 9.97 Å². The van der Waals surface area contributed by atoms with Gasteiger partial charge in [-0.25, -0.2) is 19.3 Å². The van der Waals surface area contributed by atoms with Gasteiger partial charge in [-0.1, -0.05) is 24.3 Å². The van der Waals surface area contributed by atoms with E-state index in [4.69, 9.17) is 4.74 Å². The van der Waals surface area contributed by atoms with E-state index < -0.39 is 17.6 Å². The Kier molecular flexibility index (Phi) is 6.41. The van der Waals surface area contributed by atoms with Crippen LogP contribution in [-0.4, -0.2) is 28.4 Å². The summed E-state index contributed by atoms with van der Waals surface area (Å²) in [7, 11) is 0. The molecular weight excluding hydrogens is 443 g/mol. The molecule has 2 aromatic carbocycles. The summed E-state index contributed by atoms with van der Waals surface area (Å²) in [6.45, 7) is 5.90. The summed E-state index contributed by atoms with van der Waals surface area (Å²) in [5.41, 5.74) is 1.84. The number of aromatic nitrogens is 2. The monoisotopic (exact) mass is 464 g/mol. The molecule has 168 valence electrons. The number of ether oxygens (including phenoxy) is 1. The summed E-state index contributed by atoms with van der Waals surface area (Å²) in [5.74, 6) is -1.50. The van der Waals surface area contributed by atoms with Crippen molar-refractivity contribution in [3.8, 4) is 5.75 Å². The van der Waals surface area contributed by atoms with Crippen LogP contribution in [0.5, 0.6) is 5.75 Å². The number of hydrogen-bond donors (Lipinski definition) is 1. The molecule has 9 heteroatoms. The third-order valence-electron chi connectivity index (χ3n) is 4.74. The summed E-state index contributed by atoms with van der Waals surface area (Å²) in [6, 6.07) is 14.5. The van der Waals surface area contributed by atoms with Gasteiger partial charge in [0.2, 0.25) is 0 Å². The molecule has 1 aromatic heterocycles. The molecule has 0 spiro atoms. The molecule has 0 radical (unpaired) electrons. The second-order valence-electron chi connectivity index (χ2n) is 7.19. The highest BCUT2D eigenvalue weighted by atomic mass is 32.2. The van der Waals surface area contributed by atoms with E-state index >= 15 is 0 Å². The Hall–Kier alpha value is -3.72. The highest BCUT2D eigenvalue weighted by Crippen LogP contribution is 2.38. The molecule has 2 amide bonds. The van der Waals surface area contributed by atoms with E-state index in [-0.39, 0.29) is 16.3 Å². The smallest absolute Gasteiger partial charge is 0.283 e. The Balaban J connectivity index is 1.80. The minimum Gasteiger partial charge on any atom is -0.492 e. The van der Waals surface area contributed by atoms with Crippen LogP contribution in [0.15, 0.2) is 70.4 Å². The lowest BCUT2D eigenvalue weighted by Gasteiger charge is -2.16. The summed E-state index contributed by atoms with van der Waals surface area (Å²) in [6.07, 6.45) is 0. The van der Waals surface area contributed by atoms with E-state index in [2.05, 4.69) is 15.3 Å². The number of halogens is 1. The Bertz CT molecular complexity index is 1260. The number of imide groups is 1. The van der Waals surface area contributed by atoms with Crippen LogP contribution in [0.25, 0.3) is 0 Å². The quantitative estimate of drug-likeness (QED) is 0.403. The Morgan fingerprint density at radius 3 is 2.36 bits per heavy atom. The first-order chi connectivity index (χ1) is 15.9. The molecule has 4 rings (SSSR count). The number of aryl methyl sites for hydroxylation is 2. The fraction of sp³-hybridized carbons (Fsp3) is 0.167. The van der Waals surface area contributed by atoms with Crippen LogP contribution in [0.2, 0.25) is 0 Å². The number of nitrogens with zero attached hydrogens (tertiary/aromatic N) is 3. The van der Waals surface area contributed by atoms with Gasteiger partial charge in [-0.05, 0) is 62.9 Å². The second-order valence-corrected chi connectivity index (χ2v) is 8.17. The van der Waals surface area contributed by atoms with E-state index in [9.17, 15) is 14.0 Å². The van der Waals surface area contributed by atoms with E-state index in [1.54, 1.807) is 30.3 Å². The van der Waals surface area contributed by atoms with Crippen LogP contribution >= 0.6 is 11.8 Å². The summed E-state index contributed by atoms with van der Waals surface area (Å²) in [5, 5.41) is 3.35. The van der Waals surface area contributed by atoms with Crippen LogP contribution in [0.1, 0.15) is 18.3 Å². The minimum absolute atomic E-state index is 0.00293. The van der Waals surface area contributed by atoms with Gasteiger partial charge >= 0.3 is 0 Å². The SMILES string of the molecule is CCOc1ccccc1NC1=C(Sc2nc(C)cc(C)n2)C(=O)N(c2ccccc2F)C1=O. The van der Waals surface area contributed by atoms with Gasteiger partial charge in [0.25, 0.3) is 11.8 Å². The van der Waals surface area contributed by atoms with Gasteiger partial charge in [-0.3, -0.25) is 9.59 Å². The number of anilines is 2. The van der Waals surface area contributed by atoms with Crippen molar-refractivity contribution >= 4 is 35.0 Å². The van der Waals surface area contributed by atoms with Crippen LogP contribution in [0.3, 0.4) is 0 Å². The molecule has 0 aliphatic carbocycles. The van der Waals surface area contributed by atoms with E-state index in [1.165, 1.54) is 18.2 Å². The second kappa shape index (κ2) is 9.41. The lowest BCUT2D eigenvalue weighted by molar-refractivity contribution is -0.120. The highest BCUT2D eigenvalue weighted by molar-refractivity contribution is 8.04. The third-order valence-corrected chi connectivity index (χ3v) is 5.68. The van der Waals surface area contributed by atoms with Crippen molar-refractivity contribution in [3.63, 3.8) is 0 Å². The molecule has 0 saturated heterocycles. The number of para-hydroxylation sites is 3.